The minimum atomic E-state index is -0.820. The normalized spacial score (nSPS) is 15.5. The van der Waals surface area contributed by atoms with Gasteiger partial charge in [-0.1, -0.05) is 24.3 Å². The topological polar surface area (TPSA) is 69.6 Å². The lowest BCUT2D eigenvalue weighted by Gasteiger charge is -2.20. The van der Waals surface area contributed by atoms with Gasteiger partial charge < -0.3 is 15.3 Å². The summed E-state index contributed by atoms with van der Waals surface area (Å²) in [5.74, 6) is -0.820. The van der Waals surface area contributed by atoms with Crippen molar-refractivity contribution in [3.05, 3.63) is 35.4 Å². The number of hydrogen-bond acceptors (Lipinski definition) is 2. The molecule has 0 radical (unpaired) electrons. The first kappa shape index (κ1) is 14.4. The number of carboxylic acids is 1. The molecule has 5 nitrogen and oxygen atoms in total. The predicted octanol–water partition coefficient (Wildman–Crippen LogP) is 2.00. The summed E-state index contributed by atoms with van der Waals surface area (Å²) in [6.07, 6.45) is 1.29. The molecule has 2 N–H and O–H groups in total. The van der Waals surface area contributed by atoms with Gasteiger partial charge in [-0.15, -0.1) is 0 Å². The van der Waals surface area contributed by atoms with E-state index in [9.17, 15) is 9.59 Å². The molecule has 2 rings (SSSR count). The number of carbonyl (C=O) groups is 2. The third kappa shape index (κ3) is 3.10. The van der Waals surface area contributed by atoms with E-state index in [2.05, 4.69) is 5.32 Å². The fourth-order valence-electron chi connectivity index (χ4n) is 2.11. The quantitative estimate of drug-likeness (QED) is 0.864. The number of urea groups is 1. The molecule has 0 aromatic heterocycles. The Hall–Kier alpha value is -2.04. The van der Waals surface area contributed by atoms with E-state index >= 15 is 0 Å². The van der Waals surface area contributed by atoms with Crippen molar-refractivity contribution in [2.24, 2.45) is 5.41 Å². The number of rotatable bonds is 5. The van der Waals surface area contributed by atoms with Gasteiger partial charge in [0, 0.05) is 20.1 Å². The van der Waals surface area contributed by atoms with Crippen LogP contribution in [0.15, 0.2) is 24.3 Å². The van der Waals surface area contributed by atoms with Crippen LogP contribution in [0.3, 0.4) is 0 Å². The van der Waals surface area contributed by atoms with E-state index in [-0.39, 0.29) is 12.6 Å². The molecular weight excluding hydrogens is 256 g/mol. The summed E-state index contributed by atoms with van der Waals surface area (Å²) in [5.41, 5.74) is 1.50. The zero-order chi connectivity index (χ0) is 14.8. The third-order valence-electron chi connectivity index (χ3n) is 3.90. The van der Waals surface area contributed by atoms with Crippen LogP contribution in [0.5, 0.6) is 0 Å². The van der Waals surface area contributed by atoms with Gasteiger partial charge >= 0.3 is 12.0 Å². The van der Waals surface area contributed by atoms with Crippen LogP contribution in [0.25, 0.3) is 0 Å². The Morgan fingerprint density at radius 1 is 1.35 bits per heavy atom. The second-order valence-electron chi connectivity index (χ2n) is 5.53. The maximum absolute atomic E-state index is 12.0. The fourth-order valence-corrected chi connectivity index (χ4v) is 2.11. The number of hydrogen-bond donors (Lipinski definition) is 2. The molecule has 0 aliphatic heterocycles. The highest BCUT2D eigenvalue weighted by molar-refractivity contribution is 5.80. The van der Waals surface area contributed by atoms with Crippen molar-refractivity contribution in [1.82, 2.24) is 10.2 Å². The van der Waals surface area contributed by atoms with Crippen molar-refractivity contribution in [2.45, 2.75) is 26.3 Å². The Morgan fingerprint density at radius 3 is 2.55 bits per heavy atom. The van der Waals surface area contributed by atoms with Crippen molar-refractivity contribution >= 4 is 12.0 Å². The number of amides is 2. The summed E-state index contributed by atoms with van der Waals surface area (Å²) in [4.78, 5) is 24.6. The van der Waals surface area contributed by atoms with Crippen LogP contribution in [-0.4, -0.2) is 35.6 Å². The Labute approximate surface area is 118 Å². The van der Waals surface area contributed by atoms with Crippen LogP contribution < -0.4 is 5.32 Å². The summed E-state index contributed by atoms with van der Waals surface area (Å²) >= 11 is 0. The van der Waals surface area contributed by atoms with Gasteiger partial charge in [-0.2, -0.15) is 0 Å². The number of aliphatic carboxylic acids is 1. The first-order valence-corrected chi connectivity index (χ1v) is 6.71. The van der Waals surface area contributed by atoms with Gasteiger partial charge in [-0.25, -0.2) is 4.79 Å². The van der Waals surface area contributed by atoms with Crippen LogP contribution in [0, 0.1) is 12.3 Å². The van der Waals surface area contributed by atoms with E-state index in [1.54, 1.807) is 11.9 Å². The van der Waals surface area contributed by atoms with Crippen LogP contribution in [0.4, 0.5) is 4.79 Å². The highest BCUT2D eigenvalue weighted by Crippen LogP contribution is 2.45. The van der Waals surface area contributed by atoms with Crippen LogP contribution >= 0.6 is 0 Å². The number of carboxylic acid groups (broad SMARTS) is 1. The first-order chi connectivity index (χ1) is 9.44. The molecule has 1 aliphatic carbocycles. The molecule has 1 aliphatic rings. The molecule has 108 valence electrons. The second kappa shape index (κ2) is 5.53. The molecule has 5 heteroatoms. The zero-order valence-electron chi connectivity index (χ0n) is 11.8. The molecule has 0 unspecified atom stereocenters. The van der Waals surface area contributed by atoms with Crippen molar-refractivity contribution in [3.63, 3.8) is 0 Å². The van der Waals surface area contributed by atoms with Gasteiger partial charge in [0.1, 0.15) is 0 Å². The van der Waals surface area contributed by atoms with Gasteiger partial charge in [0.05, 0.1) is 5.41 Å². The Balaban J connectivity index is 1.87. The highest BCUT2D eigenvalue weighted by atomic mass is 16.4. The van der Waals surface area contributed by atoms with E-state index < -0.39 is 11.4 Å². The average Bonchev–Trinajstić information content (AvgIpc) is 3.20. The van der Waals surface area contributed by atoms with Gasteiger partial charge in [-0.3, -0.25) is 4.79 Å². The number of benzene rings is 1. The van der Waals surface area contributed by atoms with E-state index in [1.807, 2.05) is 31.2 Å². The van der Waals surface area contributed by atoms with Crippen LogP contribution in [0.2, 0.25) is 0 Å². The zero-order valence-corrected chi connectivity index (χ0v) is 11.8. The van der Waals surface area contributed by atoms with Crippen LogP contribution in [-0.2, 0) is 11.3 Å². The van der Waals surface area contributed by atoms with Crippen molar-refractivity contribution in [3.8, 4) is 0 Å². The summed E-state index contributed by atoms with van der Waals surface area (Å²) in [7, 11) is 1.71. The third-order valence-corrected chi connectivity index (χ3v) is 3.90. The smallest absolute Gasteiger partial charge is 0.317 e. The second-order valence-corrected chi connectivity index (χ2v) is 5.53. The molecule has 20 heavy (non-hydrogen) atoms. The Bertz CT molecular complexity index is 524. The van der Waals surface area contributed by atoms with E-state index in [0.717, 1.165) is 11.1 Å². The average molecular weight is 276 g/mol. The summed E-state index contributed by atoms with van der Waals surface area (Å²) < 4.78 is 0. The molecule has 0 bridgehead atoms. The summed E-state index contributed by atoms with van der Waals surface area (Å²) in [5, 5.41) is 11.8. The fraction of sp³-hybridized carbons (Fsp3) is 0.467. The minimum Gasteiger partial charge on any atom is -0.481 e. The molecule has 1 fully saturated rings. The summed E-state index contributed by atoms with van der Waals surface area (Å²) in [6.45, 7) is 2.72. The maximum Gasteiger partial charge on any atom is 0.317 e. The Morgan fingerprint density at radius 2 is 2.00 bits per heavy atom. The highest BCUT2D eigenvalue weighted by Gasteiger charge is 2.50. The number of aryl methyl sites for hydroxylation is 1. The minimum absolute atomic E-state index is 0.208. The molecule has 2 amide bonds. The lowest BCUT2D eigenvalue weighted by molar-refractivity contribution is -0.143. The molecule has 0 spiro atoms. The molecule has 1 saturated carbocycles. The molecule has 0 heterocycles. The SMILES string of the molecule is Cc1ccccc1CN(C)C(=O)NCC1(C(=O)O)CC1. The van der Waals surface area contributed by atoms with Crippen molar-refractivity contribution in [2.75, 3.05) is 13.6 Å². The number of nitrogens with zero attached hydrogens (tertiary/aromatic N) is 1. The van der Waals surface area contributed by atoms with E-state index in [1.165, 1.54) is 0 Å². The maximum atomic E-state index is 12.0. The van der Waals surface area contributed by atoms with Crippen molar-refractivity contribution < 1.29 is 14.7 Å². The number of carbonyl (C=O) groups excluding carboxylic acids is 1. The standard InChI is InChI=1S/C15H20N2O3/c1-11-5-3-4-6-12(11)9-17(2)14(20)16-10-15(7-8-15)13(18)19/h3-6H,7-10H2,1-2H3,(H,16,20)(H,18,19). The van der Waals surface area contributed by atoms with E-state index in [0.29, 0.717) is 19.4 Å². The molecule has 0 saturated heterocycles. The van der Waals surface area contributed by atoms with Gasteiger partial charge in [0.2, 0.25) is 0 Å². The molecular formula is C15H20N2O3. The predicted molar refractivity (Wildman–Crippen MR) is 75.3 cm³/mol. The van der Waals surface area contributed by atoms with Gasteiger partial charge in [0.15, 0.2) is 0 Å². The monoisotopic (exact) mass is 276 g/mol. The lowest BCUT2D eigenvalue weighted by Crippen LogP contribution is -2.41. The van der Waals surface area contributed by atoms with E-state index in [4.69, 9.17) is 5.11 Å². The first-order valence-electron chi connectivity index (χ1n) is 6.71. The lowest BCUT2D eigenvalue weighted by atomic mass is 10.1. The number of nitrogens with one attached hydrogen (secondary N) is 1. The Kier molecular flexibility index (Phi) is 3.97. The van der Waals surface area contributed by atoms with Gasteiger partial charge in [0.25, 0.3) is 0 Å². The molecule has 0 atom stereocenters. The van der Waals surface area contributed by atoms with Crippen LogP contribution in [0.1, 0.15) is 24.0 Å². The summed E-state index contributed by atoms with van der Waals surface area (Å²) in [6, 6.07) is 7.66. The van der Waals surface area contributed by atoms with Crippen molar-refractivity contribution in [1.29, 1.82) is 0 Å². The molecule has 1 aromatic rings. The van der Waals surface area contributed by atoms with Gasteiger partial charge in [-0.05, 0) is 30.9 Å². The largest absolute Gasteiger partial charge is 0.481 e. The molecule has 1 aromatic carbocycles.